The molecule has 7 nitrogen and oxygen atoms in total. The predicted octanol–water partition coefficient (Wildman–Crippen LogP) is 1.64. The van der Waals surface area contributed by atoms with E-state index in [1.165, 1.54) is 0 Å². The molecule has 8 heteroatoms. The van der Waals surface area contributed by atoms with Crippen LogP contribution >= 0.6 is 11.6 Å². The number of fused-ring (bicyclic) bond motifs is 1. The molecule has 1 aliphatic rings. The maximum atomic E-state index is 10.0. The van der Waals surface area contributed by atoms with Crippen molar-refractivity contribution in [3.63, 3.8) is 0 Å². The molecule has 0 radical (unpaired) electrons. The highest BCUT2D eigenvalue weighted by molar-refractivity contribution is 6.30. The second-order valence-corrected chi connectivity index (χ2v) is 5.95. The summed E-state index contributed by atoms with van der Waals surface area (Å²) in [5.41, 5.74) is 1.81. The van der Waals surface area contributed by atoms with Gasteiger partial charge in [0.15, 0.2) is 11.5 Å². The van der Waals surface area contributed by atoms with Gasteiger partial charge in [-0.05, 0) is 19.1 Å². The van der Waals surface area contributed by atoms with Crippen LogP contribution in [0.4, 0.5) is 0 Å². The Bertz CT molecular complexity index is 720. The van der Waals surface area contributed by atoms with Crippen molar-refractivity contribution in [2.45, 2.75) is 19.6 Å². The van der Waals surface area contributed by atoms with E-state index in [9.17, 15) is 5.11 Å². The molecule has 1 aromatic carbocycles. The van der Waals surface area contributed by atoms with Crippen LogP contribution in [0.25, 0.3) is 0 Å². The van der Waals surface area contributed by atoms with E-state index in [1.807, 2.05) is 6.92 Å². The van der Waals surface area contributed by atoms with Crippen molar-refractivity contribution in [1.29, 1.82) is 0 Å². The molecule has 0 fully saturated rings. The highest BCUT2D eigenvalue weighted by Gasteiger charge is 2.15. The number of hydrogen-bond donors (Lipinski definition) is 2. The van der Waals surface area contributed by atoms with Crippen molar-refractivity contribution in [3.8, 4) is 17.2 Å². The lowest BCUT2D eigenvalue weighted by Gasteiger charge is -2.13. The van der Waals surface area contributed by atoms with Gasteiger partial charge in [0.25, 0.3) is 0 Å². The largest absolute Gasteiger partial charge is 0.491 e. The summed E-state index contributed by atoms with van der Waals surface area (Å²) >= 11 is 6.17. The van der Waals surface area contributed by atoms with E-state index < -0.39 is 6.10 Å². The van der Waals surface area contributed by atoms with Gasteiger partial charge in [0.1, 0.15) is 23.6 Å². The fourth-order valence-corrected chi connectivity index (χ4v) is 2.70. The van der Waals surface area contributed by atoms with Crippen molar-refractivity contribution >= 4 is 11.6 Å². The smallest absolute Gasteiger partial charge is 0.231 e. The van der Waals surface area contributed by atoms with Gasteiger partial charge in [-0.15, -0.1) is 0 Å². The molecule has 130 valence electrons. The average molecular weight is 354 g/mol. The lowest BCUT2D eigenvalue weighted by atomic mass is 10.2. The van der Waals surface area contributed by atoms with E-state index in [2.05, 4.69) is 10.4 Å². The second kappa shape index (κ2) is 7.29. The van der Waals surface area contributed by atoms with E-state index in [0.29, 0.717) is 35.5 Å². The molecule has 0 aliphatic carbocycles. The molecular formula is C16H20ClN3O4. The molecule has 0 saturated carbocycles. The minimum Gasteiger partial charge on any atom is -0.491 e. The number of halogens is 1. The van der Waals surface area contributed by atoms with Gasteiger partial charge in [-0.2, -0.15) is 5.10 Å². The van der Waals surface area contributed by atoms with Gasteiger partial charge >= 0.3 is 0 Å². The number of aliphatic hydroxyl groups excluding tert-OH is 1. The SMILES string of the molecule is Cc1nn(C)c(Cl)c1CNC[C@H](O)COc1ccc2c(c1)OCO2. The minimum absolute atomic E-state index is 0.173. The van der Waals surface area contributed by atoms with E-state index in [1.54, 1.807) is 29.9 Å². The molecule has 2 aromatic rings. The Balaban J connectivity index is 1.43. The fraction of sp³-hybridized carbons (Fsp3) is 0.438. The highest BCUT2D eigenvalue weighted by Crippen LogP contribution is 2.35. The number of nitrogens with zero attached hydrogens (tertiary/aromatic N) is 2. The number of rotatable bonds is 7. The Morgan fingerprint density at radius 2 is 2.21 bits per heavy atom. The molecule has 1 aliphatic heterocycles. The number of benzene rings is 1. The van der Waals surface area contributed by atoms with Crippen LogP contribution in [0.2, 0.25) is 5.15 Å². The van der Waals surface area contributed by atoms with Crippen molar-refractivity contribution in [1.82, 2.24) is 15.1 Å². The number of aliphatic hydroxyl groups is 1. The van der Waals surface area contributed by atoms with Gasteiger partial charge in [0.2, 0.25) is 6.79 Å². The van der Waals surface area contributed by atoms with E-state index in [4.69, 9.17) is 25.8 Å². The monoisotopic (exact) mass is 353 g/mol. The van der Waals surface area contributed by atoms with E-state index >= 15 is 0 Å². The summed E-state index contributed by atoms with van der Waals surface area (Å²) in [5.74, 6) is 1.99. The molecule has 0 unspecified atom stereocenters. The van der Waals surface area contributed by atoms with Crippen LogP contribution in [0.3, 0.4) is 0 Å². The quantitative estimate of drug-likeness (QED) is 0.788. The first-order valence-corrected chi connectivity index (χ1v) is 8.01. The van der Waals surface area contributed by atoms with E-state index in [-0.39, 0.29) is 13.4 Å². The zero-order valence-electron chi connectivity index (χ0n) is 13.6. The highest BCUT2D eigenvalue weighted by atomic mass is 35.5. The number of ether oxygens (including phenoxy) is 3. The van der Waals surface area contributed by atoms with Gasteiger partial charge in [-0.3, -0.25) is 4.68 Å². The summed E-state index contributed by atoms with van der Waals surface area (Å²) in [7, 11) is 1.80. The summed E-state index contributed by atoms with van der Waals surface area (Å²) < 4.78 is 17.7. The summed E-state index contributed by atoms with van der Waals surface area (Å²) in [6.45, 7) is 3.23. The third kappa shape index (κ3) is 3.75. The number of aryl methyl sites for hydroxylation is 2. The van der Waals surface area contributed by atoms with Crippen LogP contribution < -0.4 is 19.5 Å². The molecule has 1 aromatic heterocycles. The average Bonchev–Trinajstić information content (AvgIpc) is 3.12. The first-order valence-electron chi connectivity index (χ1n) is 7.64. The van der Waals surface area contributed by atoms with Crippen LogP contribution in [0.15, 0.2) is 18.2 Å². The molecule has 0 amide bonds. The molecule has 0 bridgehead atoms. The first-order chi connectivity index (χ1) is 11.5. The summed E-state index contributed by atoms with van der Waals surface area (Å²) in [6.07, 6.45) is -0.647. The molecule has 2 N–H and O–H groups in total. The fourth-order valence-electron chi connectivity index (χ4n) is 2.46. The third-order valence-corrected chi connectivity index (χ3v) is 4.21. The first kappa shape index (κ1) is 16.9. The molecule has 24 heavy (non-hydrogen) atoms. The van der Waals surface area contributed by atoms with Crippen LogP contribution in [-0.4, -0.2) is 40.9 Å². The topological polar surface area (TPSA) is 77.8 Å². The lowest BCUT2D eigenvalue weighted by molar-refractivity contribution is 0.106. The van der Waals surface area contributed by atoms with Crippen molar-refractivity contribution in [3.05, 3.63) is 34.6 Å². The zero-order chi connectivity index (χ0) is 17.1. The summed E-state index contributed by atoms with van der Waals surface area (Å²) in [4.78, 5) is 0. The zero-order valence-corrected chi connectivity index (χ0v) is 14.3. The molecule has 2 heterocycles. The summed E-state index contributed by atoms with van der Waals surface area (Å²) in [5, 5.41) is 18.0. The Labute approximate surface area is 145 Å². The van der Waals surface area contributed by atoms with Gasteiger partial charge in [0.05, 0.1) is 5.69 Å². The normalized spacial score (nSPS) is 14.0. The number of hydrogen-bond acceptors (Lipinski definition) is 6. The molecule has 1 atom stereocenters. The van der Waals surface area contributed by atoms with Crippen molar-refractivity contribution in [2.75, 3.05) is 19.9 Å². The minimum atomic E-state index is -0.647. The van der Waals surface area contributed by atoms with Gasteiger partial charge < -0.3 is 24.6 Å². The number of nitrogens with one attached hydrogen (secondary N) is 1. The third-order valence-electron chi connectivity index (χ3n) is 3.74. The lowest BCUT2D eigenvalue weighted by Crippen LogP contribution is -2.31. The Hall–Kier alpha value is -1.96. The van der Waals surface area contributed by atoms with Gasteiger partial charge in [0, 0.05) is 31.8 Å². The predicted molar refractivity (Wildman–Crippen MR) is 88.7 cm³/mol. The maximum Gasteiger partial charge on any atom is 0.231 e. The molecule has 3 rings (SSSR count). The Morgan fingerprint density at radius 3 is 2.96 bits per heavy atom. The number of aromatic nitrogens is 2. The van der Waals surface area contributed by atoms with Crippen LogP contribution in [-0.2, 0) is 13.6 Å². The van der Waals surface area contributed by atoms with Gasteiger partial charge in [-0.25, -0.2) is 0 Å². The van der Waals surface area contributed by atoms with Crippen molar-refractivity contribution < 1.29 is 19.3 Å². The molecule has 0 spiro atoms. The van der Waals surface area contributed by atoms with Crippen LogP contribution in [0, 0.1) is 6.92 Å². The molecular weight excluding hydrogens is 334 g/mol. The molecule has 0 saturated heterocycles. The standard InChI is InChI=1S/C16H20ClN3O4/c1-10-13(16(17)20(2)19-10)7-18-6-11(21)8-22-12-3-4-14-15(5-12)24-9-23-14/h3-5,11,18,21H,6-9H2,1-2H3/t11-/m0/s1. The second-order valence-electron chi connectivity index (χ2n) is 5.59. The van der Waals surface area contributed by atoms with Crippen molar-refractivity contribution in [2.24, 2.45) is 7.05 Å². The Morgan fingerprint density at radius 1 is 1.42 bits per heavy atom. The Kier molecular flexibility index (Phi) is 5.13. The van der Waals surface area contributed by atoms with E-state index in [0.717, 1.165) is 11.3 Å². The maximum absolute atomic E-state index is 10.0. The summed E-state index contributed by atoms with van der Waals surface area (Å²) in [6, 6.07) is 5.32. The van der Waals surface area contributed by atoms with Gasteiger partial charge in [-0.1, -0.05) is 11.6 Å². The van der Waals surface area contributed by atoms with Crippen LogP contribution in [0.1, 0.15) is 11.3 Å². The van der Waals surface area contributed by atoms with Crippen LogP contribution in [0.5, 0.6) is 17.2 Å².